The Morgan fingerprint density at radius 1 is 1.44 bits per heavy atom. The van der Waals surface area contributed by atoms with Crippen LogP contribution in [0.3, 0.4) is 0 Å². The van der Waals surface area contributed by atoms with E-state index < -0.39 is 0 Å². The van der Waals surface area contributed by atoms with Crippen molar-refractivity contribution < 1.29 is 0 Å². The van der Waals surface area contributed by atoms with Crippen LogP contribution in [0, 0.1) is 6.92 Å². The van der Waals surface area contributed by atoms with Crippen LogP contribution in [-0.2, 0) is 6.42 Å². The Morgan fingerprint density at radius 2 is 2.22 bits per heavy atom. The number of hydrogen-bond donors (Lipinski definition) is 0. The van der Waals surface area contributed by atoms with Crippen LogP contribution in [0.1, 0.15) is 24.5 Å². The lowest BCUT2D eigenvalue weighted by atomic mass is 10.1. The van der Waals surface area contributed by atoms with Gasteiger partial charge in [0.2, 0.25) is 0 Å². The molecule has 0 aromatic carbocycles. The summed E-state index contributed by atoms with van der Waals surface area (Å²) in [4.78, 5) is 0. The average molecular weight is 140 g/mol. The van der Waals surface area contributed by atoms with Gasteiger partial charge < -0.3 is 0 Å². The second kappa shape index (κ2) is 3.08. The van der Waals surface area contributed by atoms with Crippen LogP contribution in [0.5, 0.6) is 0 Å². The van der Waals surface area contributed by atoms with Gasteiger partial charge in [0.1, 0.15) is 0 Å². The molecule has 0 saturated carbocycles. The van der Waals surface area contributed by atoms with Crippen molar-refractivity contribution in [2.24, 2.45) is 0 Å². The van der Waals surface area contributed by atoms with E-state index in [4.69, 9.17) is 0 Å². The van der Waals surface area contributed by atoms with Crippen LogP contribution in [-0.4, -0.2) is 0 Å². The molecule has 0 spiro atoms. The van der Waals surface area contributed by atoms with Crippen molar-refractivity contribution in [3.8, 4) is 0 Å². The fraction of sp³-hybridized carbons (Fsp3) is 0.500. The molecule has 0 aliphatic carbocycles. The Hall–Kier alpha value is -0.220. The number of hydrogen-bond acceptors (Lipinski definition) is 0. The van der Waals surface area contributed by atoms with Crippen molar-refractivity contribution in [1.29, 1.82) is 0 Å². The third kappa shape index (κ3) is 1.59. The molecule has 9 heavy (non-hydrogen) atoms. The van der Waals surface area contributed by atoms with Gasteiger partial charge in [-0.3, -0.25) is 0 Å². The topological polar surface area (TPSA) is 0 Å². The summed E-state index contributed by atoms with van der Waals surface area (Å²) in [5, 5.41) is 0. The van der Waals surface area contributed by atoms with Gasteiger partial charge >= 0.3 is 0 Å². The van der Waals surface area contributed by atoms with Crippen LogP contribution >= 0.6 is 8.19 Å². The summed E-state index contributed by atoms with van der Waals surface area (Å²) in [7, 11) is 0.955. The molecular formula is C8H13P. The van der Waals surface area contributed by atoms with Gasteiger partial charge in [-0.2, -0.15) is 0 Å². The van der Waals surface area contributed by atoms with E-state index in [1.807, 2.05) is 0 Å². The van der Waals surface area contributed by atoms with Gasteiger partial charge in [-0.05, 0) is 36.1 Å². The molecule has 1 aromatic heterocycles. The van der Waals surface area contributed by atoms with E-state index in [9.17, 15) is 0 Å². The first-order chi connectivity index (χ1) is 4.34. The zero-order valence-electron chi connectivity index (χ0n) is 6.07. The summed E-state index contributed by atoms with van der Waals surface area (Å²) in [6.45, 7) is 4.44. The van der Waals surface area contributed by atoms with Crippen LogP contribution in [0.25, 0.3) is 0 Å². The molecule has 0 amide bonds. The molecule has 0 bridgehead atoms. The quantitative estimate of drug-likeness (QED) is 0.592. The maximum Gasteiger partial charge on any atom is -0.0276 e. The molecule has 0 aliphatic heterocycles. The molecule has 1 aromatic rings. The van der Waals surface area contributed by atoms with E-state index in [0.717, 1.165) is 8.19 Å². The van der Waals surface area contributed by atoms with Gasteiger partial charge in [-0.1, -0.05) is 13.3 Å². The Morgan fingerprint density at radius 3 is 2.67 bits per heavy atom. The molecule has 1 atom stereocenters. The van der Waals surface area contributed by atoms with Gasteiger partial charge in [-0.15, -0.1) is 8.19 Å². The van der Waals surface area contributed by atoms with Gasteiger partial charge in [0, 0.05) is 0 Å². The molecule has 1 heterocycles. The first-order valence-electron chi connectivity index (χ1n) is 3.47. The molecule has 0 aliphatic rings. The van der Waals surface area contributed by atoms with Crippen LogP contribution < -0.4 is 0 Å². The molecule has 1 rings (SSSR count). The van der Waals surface area contributed by atoms with E-state index in [2.05, 4.69) is 25.4 Å². The molecule has 0 nitrogen and oxygen atoms in total. The Bertz CT molecular complexity index is 176. The van der Waals surface area contributed by atoms with Crippen molar-refractivity contribution in [1.82, 2.24) is 0 Å². The standard InChI is InChI=1S/C8H13P/c1-3-4-8-6-9-5-7(8)2/h5-6,9H,3-4H2,1-2H3. The lowest BCUT2D eigenvalue weighted by molar-refractivity contribution is 0.919. The fourth-order valence-corrected chi connectivity index (χ4v) is 2.10. The van der Waals surface area contributed by atoms with Gasteiger partial charge in [0.15, 0.2) is 0 Å². The van der Waals surface area contributed by atoms with Crippen molar-refractivity contribution >= 4 is 8.19 Å². The summed E-state index contributed by atoms with van der Waals surface area (Å²) >= 11 is 0. The monoisotopic (exact) mass is 140 g/mol. The predicted molar refractivity (Wildman–Crippen MR) is 44.7 cm³/mol. The van der Waals surface area contributed by atoms with E-state index >= 15 is 0 Å². The highest BCUT2D eigenvalue weighted by Crippen LogP contribution is 2.18. The molecule has 0 saturated heterocycles. The predicted octanol–water partition coefficient (Wildman–Crippen LogP) is 2.98. The highest BCUT2D eigenvalue weighted by molar-refractivity contribution is 7.28. The lowest BCUT2D eigenvalue weighted by Gasteiger charge is -1.93. The fourth-order valence-electron chi connectivity index (χ4n) is 1.01. The van der Waals surface area contributed by atoms with E-state index in [1.54, 1.807) is 5.56 Å². The van der Waals surface area contributed by atoms with E-state index in [0.29, 0.717) is 0 Å². The summed E-state index contributed by atoms with van der Waals surface area (Å²) in [5.74, 6) is 4.68. The van der Waals surface area contributed by atoms with Gasteiger partial charge in [-0.25, -0.2) is 0 Å². The van der Waals surface area contributed by atoms with E-state index in [1.165, 1.54) is 18.4 Å². The summed E-state index contributed by atoms with van der Waals surface area (Å²) in [6.07, 6.45) is 2.55. The first kappa shape index (κ1) is 6.89. The summed E-state index contributed by atoms with van der Waals surface area (Å²) in [6, 6.07) is 0. The SMILES string of the molecule is CCCc1c[pH]cc1C. The average Bonchev–Trinajstić information content (AvgIpc) is 2.18. The molecule has 50 valence electrons. The maximum absolute atomic E-state index is 2.36. The number of rotatable bonds is 2. The van der Waals surface area contributed by atoms with Crippen LogP contribution in [0.2, 0.25) is 0 Å². The maximum atomic E-state index is 2.36. The first-order valence-corrected chi connectivity index (χ1v) is 4.62. The smallest absolute Gasteiger partial charge is 0.0276 e. The summed E-state index contributed by atoms with van der Waals surface area (Å²) in [5.41, 5.74) is 3.09. The molecule has 0 fully saturated rings. The Labute approximate surface area is 58.4 Å². The Balaban J connectivity index is 2.69. The minimum absolute atomic E-state index is 0.955. The second-order valence-electron chi connectivity index (χ2n) is 2.41. The van der Waals surface area contributed by atoms with E-state index in [-0.39, 0.29) is 0 Å². The highest BCUT2D eigenvalue weighted by atomic mass is 31.0. The molecular weight excluding hydrogens is 127 g/mol. The van der Waals surface area contributed by atoms with Crippen LogP contribution in [0.15, 0.2) is 11.6 Å². The second-order valence-corrected chi connectivity index (χ2v) is 3.32. The third-order valence-electron chi connectivity index (χ3n) is 1.58. The third-order valence-corrected chi connectivity index (χ3v) is 2.70. The van der Waals surface area contributed by atoms with Gasteiger partial charge in [0.05, 0.1) is 0 Å². The van der Waals surface area contributed by atoms with Crippen molar-refractivity contribution in [2.75, 3.05) is 0 Å². The summed E-state index contributed by atoms with van der Waals surface area (Å²) < 4.78 is 0. The highest BCUT2D eigenvalue weighted by Gasteiger charge is 1.93. The van der Waals surface area contributed by atoms with Crippen molar-refractivity contribution in [3.63, 3.8) is 0 Å². The molecule has 1 unspecified atom stereocenters. The zero-order chi connectivity index (χ0) is 6.69. The molecule has 0 radical (unpaired) electrons. The van der Waals surface area contributed by atoms with Gasteiger partial charge in [0.25, 0.3) is 0 Å². The minimum atomic E-state index is 0.955. The largest absolute Gasteiger partial charge is 0.139 e. The zero-order valence-corrected chi connectivity index (χ0v) is 7.07. The van der Waals surface area contributed by atoms with Crippen LogP contribution in [0.4, 0.5) is 0 Å². The normalized spacial score (nSPS) is 10.9. The Kier molecular flexibility index (Phi) is 2.36. The molecule has 1 heteroatoms. The number of aryl methyl sites for hydroxylation is 2. The lowest BCUT2D eigenvalue weighted by Crippen LogP contribution is -1.80. The molecule has 0 N–H and O–H groups in total. The van der Waals surface area contributed by atoms with Crippen molar-refractivity contribution in [3.05, 3.63) is 22.7 Å². The minimum Gasteiger partial charge on any atom is -0.139 e. The van der Waals surface area contributed by atoms with Crippen molar-refractivity contribution in [2.45, 2.75) is 26.7 Å².